The number of aromatic hydroxyl groups is 1. The molecule has 4 rings (SSSR count). The normalized spacial score (nSPS) is 20.2. The summed E-state index contributed by atoms with van der Waals surface area (Å²) in [5.41, 5.74) is 0.624. The predicted molar refractivity (Wildman–Crippen MR) is 122 cm³/mol. The Morgan fingerprint density at radius 3 is 2.41 bits per heavy atom. The molecule has 2 N–H and O–H groups in total. The van der Waals surface area contributed by atoms with Gasteiger partial charge in [0.1, 0.15) is 22.8 Å². The van der Waals surface area contributed by atoms with Gasteiger partial charge < -0.3 is 19.7 Å². The molecule has 0 aromatic heterocycles. The van der Waals surface area contributed by atoms with Crippen molar-refractivity contribution < 1.29 is 24.5 Å². The van der Waals surface area contributed by atoms with Crippen molar-refractivity contribution in [2.45, 2.75) is 38.7 Å². The summed E-state index contributed by atoms with van der Waals surface area (Å²) in [5, 5.41) is 21.8. The van der Waals surface area contributed by atoms with Crippen LogP contribution in [0.3, 0.4) is 0 Å². The van der Waals surface area contributed by atoms with E-state index >= 15 is 0 Å². The second kappa shape index (κ2) is 8.32. The molecular weight excluding hydrogens is 404 g/mol. The van der Waals surface area contributed by atoms with Gasteiger partial charge in [0.25, 0.3) is 0 Å². The molecule has 0 bridgehead atoms. The summed E-state index contributed by atoms with van der Waals surface area (Å²) in [7, 11) is 0. The minimum atomic E-state index is -1.25. The lowest BCUT2D eigenvalue weighted by molar-refractivity contribution is -0.143. The Labute approximate surface area is 188 Å². The first kappa shape index (κ1) is 21.9. The Balaban J connectivity index is 1.74. The van der Waals surface area contributed by atoms with Crippen LogP contribution >= 0.6 is 0 Å². The highest BCUT2D eigenvalue weighted by Gasteiger charge is 2.45. The SMILES string of the molecule is CC(C)(C)C(=O)Oc1ccc2c(c1)OC[C@H](c1ccccc1)[C@]2(O)Cc1ccc(O)cc1. The number of hydrogen-bond acceptors (Lipinski definition) is 5. The van der Waals surface area contributed by atoms with Crippen LogP contribution in [0.25, 0.3) is 0 Å². The molecular formula is C27H28O5. The van der Waals surface area contributed by atoms with E-state index in [2.05, 4.69) is 0 Å². The van der Waals surface area contributed by atoms with Gasteiger partial charge in [0.05, 0.1) is 17.9 Å². The lowest BCUT2D eigenvalue weighted by Gasteiger charge is -2.42. The first-order valence-corrected chi connectivity index (χ1v) is 10.7. The lowest BCUT2D eigenvalue weighted by Crippen LogP contribution is -2.42. The Kier molecular flexibility index (Phi) is 5.70. The molecule has 0 spiro atoms. The van der Waals surface area contributed by atoms with Crippen LogP contribution in [0.4, 0.5) is 0 Å². The molecule has 3 aromatic rings. The largest absolute Gasteiger partial charge is 0.508 e. The number of phenols is 1. The number of ether oxygens (including phenoxy) is 2. The quantitative estimate of drug-likeness (QED) is 0.451. The number of carbonyl (C=O) groups is 1. The zero-order chi connectivity index (χ0) is 22.9. The first-order valence-electron chi connectivity index (χ1n) is 10.7. The maximum absolute atomic E-state index is 12.3. The summed E-state index contributed by atoms with van der Waals surface area (Å²) in [6.07, 6.45) is 0.338. The van der Waals surface area contributed by atoms with E-state index in [0.717, 1.165) is 11.1 Å². The van der Waals surface area contributed by atoms with Crippen LogP contribution in [0.1, 0.15) is 43.4 Å². The maximum Gasteiger partial charge on any atom is 0.316 e. The Bertz CT molecular complexity index is 1100. The highest BCUT2D eigenvalue weighted by Crippen LogP contribution is 2.48. The van der Waals surface area contributed by atoms with Gasteiger partial charge in [-0.3, -0.25) is 4.79 Å². The average molecular weight is 433 g/mol. The fraction of sp³-hybridized carbons (Fsp3) is 0.296. The summed E-state index contributed by atoms with van der Waals surface area (Å²) in [4.78, 5) is 12.3. The van der Waals surface area contributed by atoms with Gasteiger partial charge in [-0.1, -0.05) is 42.5 Å². The molecule has 0 saturated heterocycles. The van der Waals surface area contributed by atoms with Crippen molar-refractivity contribution >= 4 is 5.97 Å². The van der Waals surface area contributed by atoms with Gasteiger partial charge >= 0.3 is 5.97 Å². The highest BCUT2D eigenvalue weighted by atomic mass is 16.5. The minimum Gasteiger partial charge on any atom is -0.508 e. The molecule has 0 amide bonds. The Hall–Kier alpha value is -3.31. The number of carbonyl (C=O) groups excluding carboxylic acids is 1. The summed E-state index contributed by atoms with van der Waals surface area (Å²) in [5.74, 6) is 0.423. The number of phenolic OH excluding ortho intramolecular Hbond substituents is 1. The van der Waals surface area contributed by atoms with Gasteiger partial charge in [0.15, 0.2) is 0 Å². The van der Waals surface area contributed by atoms with Gasteiger partial charge in [-0.2, -0.15) is 0 Å². The molecule has 166 valence electrons. The molecule has 0 saturated carbocycles. The van der Waals surface area contributed by atoms with Crippen LogP contribution in [0.2, 0.25) is 0 Å². The second-order valence-electron chi connectivity index (χ2n) is 9.34. The average Bonchev–Trinajstić information content (AvgIpc) is 2.75. The molecule has 0 radical (unpaired) electrons. The molecule has 2 atom stereocenters. The summed E-state index contributed by atoms with van der Waals surface area (Å²) in [6.45, 7) is 5.67. The van der Waals surface area contributed by atoms with Gasteiger partial charge in [-0.25, -0.2) is 0 Å². The van der Waals surface area contributed by atoms with E-state index in [1.165, 1.54) is 0 Å². The van der Waals surface area contributed by atoms with Crippen molar-refractivity contribution in [2.24, 2.45) is 5.41 Å². The van der Waals surface area contributed by atoms with Crippen LogP contribution in [-0.4, -0.2) is 22.8 Å². The number of hydrogen-bond donors (Lipinski definition) is 2. The molecule has 5 nitrogen and oxygen atoms in total. The van der Waals surface area contributed by atoms with E-state index in [9.17, 15) is 15.0 Å². The number of esters is 1. The van der Waals surface area contributed by atoms with Gasteiger partial charge in [-0.05, 0) is 56.2 Å². The van der Waals surface area contributed by atoms with Crippen molar-refractivity contribution in [3.05, 3.63) is 89.5 Å². The third-order valence-electron chi connectivity index (χ3n) is 5.84. The maximum atomic E-state index is 12.3. The third-order valence-corrected chi connectivity index (χ3v) is 5.84. The third kappa shape index (κ3) is 4.34. The zero-order valence-corrected chi connectivity index (χ0v) is 18.5. The van der Waals surface area contributed by atoms with Crippen LogP contribution in [0, 0.1) is 5.41 Å². The molecule has 0 fully saturated rings. The van der Waals surface area contributed by atoms with Crippen LogP contribution < -0.4 is 9.47 Å². The second-order valence-corrected chi connectivity index (χ2v) is 9.34. The number of aliphatic hydroxyl groups is 1. The van der Waals surface area contributed by atoms with E-state index in [0.29, 0.717) is 23.5 Å². The predicted octanol–water partition coefficient (Wildman–Crippen LogP) is 4.95. The van der Waals surface area contributed by atoms with Crippen molar-refractivity contribution in [3.8, 4) is 17.2 Å². The lowest BCUT2D eigenvalue weighted by atomic mass is 9.72. The first-order chi connectivity index (χ1) is 15.2. The number of fused-ring (bicyclic) bond motifs is 1. The molecule has 0 unspecified atom stereocenters. The van der Waals surface area contributed by atoms with Crippen molar-refractivity contribution in [1.29, 1.82) is 0 Å². The minimum absolute atomic E-state index is 0.179. The number of rotatable bonds is 4. The molecule has 1 aliphatic rings. The molecule has 5 heteroatoms. The Morgan fingerprint density at radius 2 is 1.75 bits per heavy atom. The van der Waals surface area contributed by atoms with Gasteiger partial charge in [-0.15, -0.1) is 0 Å². The van der Waals surface area contributed by atoms with Crippen molar-refractivity contribution in [1.82, 2.24) is 0 Å². The van der Waals surface area contributed by atoms with E-state index in [1.807, 2.05) is 42.5 Å². The van der Waals surface area contributed by atoms with Crippen LogP contribution in [-0.2, 0) is 16.8 Å². The van der Waals surface area contributed by atoms with Crippen LogP contribution in [0.15, 0.2) is 72.8 Å². The molecule has 1 heterocycles. The summed E-state index contributed by atoms with van der Waals surface area (Å²) in [6, 6.07) is 21.8. The van der Waals surface area contributed by atoms with Gasteiger partial charge in [0, 0.05) is 18.1 Å². The Morgan fingerprint density at radius 1 is 1.06 bits per heavy atom. The summed E-state index contributed by atoms with van der Waals surface area (Å²) >= 11 is 0. The zero-order valence-electron chi connectivity index (χ0n) is 18.5. The van der Waals surface area contributed by atoms with E-state index in [4.69, 9.17) is 9.47 Å². The van der Waals surface area contributed by atoms with E-state index in [-0.39, 0.29) is 24.2 Å². The molecule has 32 heavy (non-hydrogen) atoms. The van der Waals surface area contributed by atoms with Gasteiger partial charge in [0.2, 0.25) is 0 Å². The molecule has 1 aliphatic heterocycles. The van der Waals surface area contributed by atoms with Crippen molar-refractivity contribution in [2.75, 3.05) is 6.61 Å². The van der Waals surface area contributed by atoms with E-state index < -0.39 is 11.0 Å². The monoisotopic (exact) mass is 432 g/mol. The summed E-state index contributed by atoms with van der Waals surface area (Å²) < 4.78 is 11.6. The standard InChI is InChI=1S/C27H28O5/c1-26(2,3)25(29)32-21-13-14-22-24(15-21)31-17-23(19-7-5-4-6-8-19)27(22,30)16-18-9-11-20(28)12-10-18/h4-15,23,28,30H,16-17H2,1-3H3/t23-,27+/m1/s1. The molecule has 0 aliphatic carbocycles. The fourth-order valence-electron chi connectivity index (χ4n) is 4.00. The smallest absolute Gasteiger partial charge is 0.316 e. The van der Waals surface area contributed by atoms with E-state index in [1.54, 1.807) is 51.1 Å². The number of benzene rings is 3. The van der Waals surface area contributed by atoms with Crippen molar-refractivity contribution in [3.63, 3.8) is 0 Å². The molecule has 3 aromatic carbocycles. The topological polar surface area (TPSA) is 76.0 Å². The highest BCUT2D eigenvalue weighted by molar-refractivity contribution is 5.78. The van der Waals surface area contributed by atoms with Crippen LogP contribution in [0.5, 0.6) is 17.2 Å². The fourth-order valence-corrected chi connectivity index (χ4v) is 4.00.